The third-order valence-corrected chi connectivity index (χ3v) is 8.71. The number of hydrogen-bond acceptors (Lipinski definition) is 12. The van der Waals surface area contributed by atoms with Crippen LogP contribution in [0, 0.1) is 29.6 Å². The molecule has 248 valence electrons. The van der Waals surface area contributed by atoms with Gasteiger partial charge in [-0.3, -0.25) is 19.2 Å². The van der Waals surface area contributed by atoms with Gasteiger partial charge in [-0.1, -0.05) is 24.6 Å². The van der Waals surface area contributed by atoms with E-state index in [1.807, 2.05) is 6.92 Å². The Morgan fingerprint density at radius 3 is 2.25 bits per heavy atom. The van der Waals surface area contributed by atoms with E-state index in [4.69, 9.17) is 23.1 Å². The minimum Gasteiger partial charge on any atom is -0.469 e. The van der Waals surface area contributed by atoms with E-state index in [1.54, 1.807) is 39.8 Å². The van der Waals surface area contributed by atoms with Gasteiger partial charge in [0.05, 0.1) is 42.0 Å². The van der Waals surface area contributed by atoms with E-state index in [1.165, 1.54) is 19.2 Å². The zero-order valence-corrected chi connectivity index (χ0v) is 27.1. The molecule has 1 aromatic rings. The Hall–Kier alpha value is -3.07. The fourth-order valence-electron chi connectivity index (χ4n) is 5.02. The van der Waals surface area contributed by atoms with Crippen LogP contribution in [0.15, 0.2) is 29.2 Å². The molecule has 14 heteroatoms. The number of carbonyl (C=O) groups excluding carboxylic acids is 4. The van der Waals surface area contributed by atoms with E-state index in [-0.39, 0.29) is 49.9 Å². The molecule has 13 nitrogen and oxygen atoms in total. The van der Waals surface area contributed by atoms with Gasteiger partial charge in [0.15, 0.2) is 0 Å². The van der Waals surface area contributed by atoms with Crippen molar-refractivity contribution in [1.29, 1.82) is 0 Å². The second-order valence-electron chi connectivity index (χ2n) is 11.9. The summed E-state index contributed by atoms with van der Waals surface area (Å²) in [6.07, 6.45) is -0.148. The number of methoxy groups -OCH3 is 1. The van der Waals surface area contributed by atoms with Crippen molar-refractivity contribution < 1.29 is 55.8 Å². The zero-order chi connectivity index (χ0) is 33.1. The van der Waals surface area contributed by atoms with Crippen molar-refractivity contribution >= 4 is 33.9 Å². The Balaban J connectivity index is 2.18. The number of aliphatic hydroxyl groups is 1. The van der Waals surface area contributed by atoms with Gasteiger partial charge in [-0.2, -0.15) is 8.42 Å². The number of aliphatic hydroxyl groups excluding tert-OH is 1. The molecule has 0 bridgehead atoms. The molecule has 1 aliphatic heterocycles. The lowest BCUT2D eigenvalue weighted by Gasteiger charge is -2.36. The maximum absolute atomic E-state index is 13.1. The average Bonchev–Trinajstić information content (AvgIpc) is 3.80. The molecule has 0 saturated carbocycles. The third-order valence-electron chi connectivity index (χ3n) is 7.43. The van der Waals surface area contributed by atoms with Gasteiger partial charge in [0.25, 0.3) is 10.1 Å². The summed E-state index contributed by atoms with van der Waals surface area (Å²) in [6, 6.07) is 6.02. The predicted molar refractivity (Wildman–Crippen MR) is 156 cm³/mol. The molecule has 1 fully saturated rings. The summed E-state index contributed by atoms with van der Waals surface area (Å²) < 4.78 is 50.6. The lowest BCUT2D eigenvalue weighted by Crippen LogP contribution is -2.42. The van der Waals surface area contributed by atoms with Gasteiger partial charge in [0.1, 0.15) is 26.0 Å². The SMILES string of the molecule is CCC(CC(CC(C)(CC(C)(C)C(=O)OCC1CO1)C(=O)OC)C(=O)OCCO)C(=O)NCOS(=O)(=O)c1ccc(C)cc1. The quantitative estimate of drug-likeness (QED) is 0.0738. The van der Waals surface area contributed by atoms with Gasteiger partial charge in [-0.15, -0.1) is 0 Å². The molecule has 4 atom stereocenters. The Labute approximate surface area is 259 Å². The van der Waals surface area contributed by atoms with E-state index in [0.29, 0.717) is 6.61 Å². The normalized spacial score (nSPS) is 17.5. The molecule has 0 aliphatic carbocycles. The van der Waals surface area contributed by atoms with Crippen LogP contribution in [0.1, 0.15) is 58.9 Å². The highest BCUT2D eigenvalue weighted by atomic mass is 32.2. The van der Waals surface area contributed by atoms with Crippen LogP contribution in [0.25, 0.3) is 0 Å². The molecule has 2 N–H and O–H groups in total. The monoisotopic (exact) mass is 643 g/mol. The van der Waals surface area contributed by atoms with Crippen molar-refractivity contribution in [3.63, 3.8) is 0 Å². The fraction of sp³-hybridized carbons (Fsp3) is 0.667. The Morgan fingerprint density at radius 2 is 1.70 bits per heavy atom. The topological polar surface area (TPSA) is 184 Å². The molecule has 2 rings (SSSR count). The van der Waals surface area contributed by atoms with Gasteiger partial charge in [0, 0.05) is 5.92 Å². The van der Waals surface area contributed by atoms with Crippen molar-refractivity contribution in [2.75, 3.05) is 40.3 Å². The number of amides is 1. The lowest BCUT2D eigenvalue weighted by atomic mass is 9.68. The first kappa shape index (κ1) is 37.1. The van der Waals surface area contributed by atoms with Crippen molar-refractivity contribution in [3.8, 4) is 0 Å². The predicted octanol–water partition coefficient (Wildman–Crippen LogP) is 2.27. The first-order valence-corrected chi connectivity index (χ1v) is 15.9. The van der Waals surface area contributed by atoms with Crippen LogP contribution in [0.2, 0.25) is 0 Å². The van der Waals surface area contributed by atoms with E-state index in [0.717, 1.165) is 5.56 Å². The number of nitrogens with one attached hydrogen (secondary N) is 1. The zero-order valence-electron chi connectivity index (χ0n) is 26.3. The minimum atomic E-state index is -4.13. The van der Waals surface area contributed by atoms with Gasteiger partial charge < -0.3 is 29.4 Å². The van der Waals surface area contributed by atoms with Gasteiger partial charge >= 0.3 is 17.9 Å². The minimum absolute atomic E-state index is 0.0471. The van der Waals surface area contributed by atoms with Crippen LogP contribution >= 0.6 is 0 Å². The standard InChI is InChI=1S/C30H45NO12S/c1-7-21(25(33)31-19-43-44(37,38)24-10-8-20(2)9-11-24)14-22(26(34)40-13-12-32)15-30(5,28(36)39-6)18-29(3,4)27(35)42-17-23-16-41-23/h8-11,21-23,32H,7,12-19H2,1-6H3,(H,31,33). The van der Waals surface area contributed by atoms with E-state index in [2.05, 4.69) is 5.32 Å². The number of epoxide rings is 1. The summed E-state index contributed by atoms with van der Waals surface area (Å²) in [5, 5.41) is 11.6. The van der Waals surface area contributed by atoms with E-state index >= 15 is 0 Å². The molecule has 1 saturated heterocycles. The second kappa shape index (κ2) is 16.3. The largest absolute Gasteiger partial charge is 0.469 e. The van der Waals surface area contributed by atoms with Crippen LogP contribution in [-0.2, 0) is 52.4 Å². The van der Waals surface area contributed by atoms with Gasteiger partial charge in [-0.25, -0.2) is 4.18 Å². The number of rotatable bonds is 19. The molecule has 1 aromatic carbocycles. The van der Waals surface area contributed by atoms with Crippen molar-refractivity contribution in [2.24, 2.45) is 22.7 Å². The average molecular weight is 644 g/mol. The van der Waals surface area contributed by atoms with Gasteiger partial charge in [-0.05, 0) is 65.5 Å². The lowest BCUT2D eigenvalue weighted by molar-refractivity contribution is -0.164. The number of benzene rings is 1. The summed E-state index contributed by atoms with van der Waals surface area (Å²) >= 11 is 0. The maximum Gasteiger partial charge on any atom is 0.311 e. The van der Waals surface area contributed by atoms with Crippen LogP contribution in [-0.4, -0.2) is 83.7 Å². The third kappa shape index (κ3) is 11.1. The van der Waals surface area contributed by atoms with Crippen LogP contribution in [0.4, 0.5) is 0 Å². The first-order chi connectivity index (χ1) is 20.6. The number of aryl methyl sites for hydroxylation is 1. The number of carbonyl (C=O) groups is 4. The van der Waals surface area contributed by atoms with Crippen LogP contribution < -0.4 is 5.32 Å². The van der Waals surface area contributed by atoms with Crippen LogP contribution in [0.5, 0.6) is 0 Å². The number of hydrogen-bond donors (Lipinski definition) is 2. The summed E-state index contributed by atoms with van der Waals surface area (Å²) in [4.78, 5) is 52.1. The molecule has 4 unspecified atom stereocenters. The van der Waals surface area contributed by atoms with E-state index in [9.17, 15) is 32.7 Å². The van der Waals surface area contributed by atoms with Crippen LogP contribution in [0.3, 0.4) is 0 Å². The van der Waals surface area contributed by atoms with Gasteiger partial charge in [0.2, 0.25) is 5.91 Å². The Bertz CT molecular complexity index is 1240. The first-order valence-electron chi connectivity index (χ1n) is 14.5. The Kier molecular flexibility index (Phi) is 13.8. The highest BCUT2D eigenvalue weighted by Crippen LogP contribution is 2.42. The molecular weight excluding hydrogens is 598 g/mol. The maximum atomic E-state index is 13.1. The molecule has 44 heavy (non-hydrogen) atoms. The van der Waals surface area contributed by atoms with Crippen molar-refractivity contribution in [3.05, 3.63) is 29.8 Å². The second-order valence-corrected chi connectivity index (χ2v) is 13.5. The number of ether oxygens (including phenoxy) is 4. The highest BCUT2D eigenvalue weighted by Gasteiger charge is 2.47. The fourth-order valence-corrected chi connectivity index (χ4v) is 5.84. The van der Waals surface area contributed by atoms with Crippen molar-refractivity contribution in [1.82, 2.24) is 5.32 Å². The molecule has 0 spiro atoms. The summed E-state index contributed by atoms with van der Waals surface area (Å²) in [7, 11) is -2.93. The molecule has 1 amide bonds. The smallest absolute Gasteiger partial charge is 0.311 e. The Morgan fingerprint density at radius 1 is 1.07 bits per heavy atom. The molecular formula is C30H45NO12S. The molecule has 0 radical (unpaired) electrons. The number of esters is 3. The summed E-state index contributed by atoms with van der Waals surface area (Å²) in [5.74, 6) is -4.36. The summed E-state index contributed by atoms with van der Waals surface area (Å²) in [6.45, 7) is 7.58. The molecule has 0 aromatic heterocycles. The van der Waals surface area contributed by atoms with E-state index < -0.39 is 69.9 Å². The highest BCUT2D eigenvalue weighted by molar-refractivity contribution is 7.86. The molecule has 1 heterocycles. The molecule has 1 aliphatic rings. The summed E-state index contributed by atoms with van der Waals surface area (Å²) in [5.41, 5.74) is -1.67. The van der Waals surface area contributed by atoms with Crippen molar-refractivity contribution in [2.45, 2.75) is 71.3 Å².